The van der Waals surface area contributed by atoms with Crippen LogP contribution in [0.1, 0.15) is 16.8 Å². The molecule has 1 aromatic heterocycles. The zero-order valence-electron chi connectivity index (χ0n) is 9.15. The van der Waals surface area contributed by atoms with Gasteiger partial charge in [-0.05, 0) is 24.6 Å². The van der Waals surface area contributed by atoms with Gasteiger partial charge in [0, 0.05) is 16.5 Å². The average molecular weight is 293 g/mol. The van der Waals surface area contributed by atoms with E-state index in [2.05, 4.69) is 10.2 Å². The summed E-state index contributed by atoms with van der Waals surface area (Å²) in [6, 6.07) is 5.48. The highest BCUT2D eigenvalue weighted by Crippen LogP contribution is 2.28. The molecule has 1 aromatic carbocycles. The van der Waals surface area contributed by atoms with Gasteiger partial charge >= 0.3 is 0 Å². The molecule has 0 atom stereocenters. The van der Waals surface area contributed by atoms with Gasteiger partial charge < -0.3 is 12.4 Å². The van der Waals surface area contributed by atoms with Crippen LogP contribution < -0.4 is 23.2 Å². The molecule has 3 nitrogen and oxygen atoms in total. The maximum absolute atomic E-state index is 6.11. The fourth-order valence-corrected chi connectivity index (χ4v) is 2.15. The monoisotopic (exact) mass is 291 g/mol. The molecular formula is C11H12Cl3N3. The van der Waals surface area contributed by atoms with E-state index in [1.54, 1.807) is 0 Å². The molecule has 0 spiro atoms. The first-order valence-electron chi connectivity index (χ1n) is 4.87. The van der Waals surface area contributed by atoms with Crippen molar-refractivity contribution >= 4 is 29.0 Å². The van der Waals surface area contributed by atoms with E-state index in [0.717, 1.165) is 16.8 Å². The van der Waals surface area contributed by atoms with E-state index in [1.165, 1.54) is 0 Å². The van der Waals surface area contributed by atoms with E-state index in [1.807, 2.05) is 25.1 Å². The number of nitrogens with one attached hydrogen (secondary N) is 2. The van der Waals surface area contributed by atoms with E-state index in [0.29, 0.717) is 22.3 Å². The molecule has 92 valence electrons. The predicted molar refractivity (Wildman–Crippen MR) is 65.8 cm³/mol. The first-order chi connectivity index (χ1) is 7.59. The van der Waals surface area contributed by atoms with E-state index >= 15 is 0 Å². The molecule has 0 saturated carbocycles. The second kappa shape index (κ2) is 5.63. The number of nitrogens with two attached hydrogens (primary N) is 1. The Morgan fingerprint density at radius 2 is 1.82 bits per heavy atom. The lowest BCUT2D eigenvalue weighted by Gasteiger charge is -2.05. The molecule has 17 heavy (non-hydrogen) atoms. The Labute approximate surface area is 116 Å². The molecule has 6 heteroatoms. The number of halogens is 3. The topological polar surface area (TPSA) is 56.0 Å². The summed E-state index contributed by atoms with van der Waals surface area (Å²) in [5.74, 6) is 0.619. The van der Waals surface area contributed by atoms with Crippen molar-refractivity contribution in [1.29, 1.82) is 0 Å². The van der Waals surface area contributed by atoms with Gasteiger partial charge in [0.1, 0.15) is 0 Å². The van der Waals surface area contributed by atoms with Crippen LogP contribution >= 0.6 is 23.2 Å². The van der Waals surface area contributed by atoms with E-state index in [-0.39, 0.29) is 12.4 Å². The first-order valence-corrected chi connectivity index (χ1v) is 5.62. The molecule has 0 aliphatic heterocycles. The molecule has 1 heterocycles. The van der Waals surface area contributed by atoms with Crippen molar-refractivity contribution in [3.05, 3.63) is 45.1 Å². The van der Waals surface area contributed by atoms with Gasteiger partial charge in [-0.3, -0.25) is 5.73 Å². The number of anilines is 1. The smallest absolute Gasteiger partial charge is 0.294 e. The molecule has 0 radical (unpaired) electrons. The molecule has 2 rings (SSSR count). The zero-order valence-corrected chi connectivity index (χ0v) is 11.4. The number of rotatable bonds is 2. The molecule has 2 aromatic rings. The van der Waals surface area contributed by atoms with E-state index in [9.17, 15) is 0 Å². The third kappa shape index (κ3) is 2.86. The van der Waals surface area contributed by atoms with Crippen molar-refractivity contribution < 1.29 is 17.5 Å². The highest BCUT2D eigenvalue weighted by molar-refractivity contribution is 6.36. The van der Waals surface area contributed by atoms with Crippen LogP contribution in [0.2, 0.25) is 10.0 Å². The molecule has 0 fully saturated rings. The molecule has 0 unspecified atom stereocenters. The van der Waals surface area contributed by atoms with Crippen molar-refractivity contribution in [1.82, 2.24) is 5.10 Å². The van der Waals surface area contributed by atoms with Gasteiger partial charge in [0.05, 0.1) is 11.3 Å². The van der Waals surface area contributed by atoms with Crippen LogP contribution in [0.4, 0.5) is 5.82 Å². The number of nitrogen functional groups attached to an aromatic ring is 1. The lowest BCUT2D eigenvalue weighted by Crippen LogP contribution is -3.00. The van der Waals surface area contributed by atoms with Gasteiger partial charge in [0.2, 0.25) is 0 Å². The third-order valence-electron chi connectivity index (χ3n) is 2.58. The predicted octanol–water partition coefficient (Wildman–Crippen LogP) is -0.379. The van der Waals surface area contributed by atoms with Crippen LogP contribution in [-0.4, -0.2) is 5.10 Å². The Hall–Kier alpha value is -0.900. The quantitative estimate of drug-likeness (QED) is 0.779. The molecule has 0 bridgehead atoms. The van der Waals surface area contributed by atoms with E-state index < -0.39 is 0 Å². The fraction of sp³-hybridized carbons (Fsp3) is 0.182. The van der Waals surface area contributed by atoms with Crippen molar-refractivity contribution in [2.75, 3.05) is 5.73 Å². The van der Waals surface area contributed by atoms with Crippen molar-refractivity contribution in [3.63, 3.8) is 0 Å². The largest absolute Gasteiger partial charge is 1.00 e. The van der Waals surface area contributed by atoms with Gasteiger partial charge in [-0.25, -0.2) is 5.10 Å². The summed E-state index contributed by atoms with van der Waals surface area (Å²) in [4.78, 5) is 0. The van der Waals surface area contributed by atoms with Crippen LogP contribution in [0, 0.1) is 6.92 Å². The molecular weight excluding hydrogens is 281 g/mol. The highest BCUT2D eigenvalue weighted by Gasteiger charge is 2.15. The highest BCUT2D eigenvalue weighted by atomic mass is 35.5. The first kappa shape index (κ1) is 14.2. The summed E-state index contributed by atoms with van der Waals surface area (Å²) in [6.07, 6.45) is 0.621. The number of aromatic nitrogens is 2. The molecule has 0 aliphatic rings. The van der Waals surface area contributed by atoms with Crippen LogP contribution in [-0.2, 0) is 6.42 Å². The Morgan fingerprint density at radius 3 is 2.29 bits per heavy atom. The number of H-pyrrole nitrogens is 2. The summed E-state index contributed by atoms with van der Waals surface area (Å²) in [6.45, 7) is 1.95. The Balaban J connectivity index is 0.00000144. The van der Waals surface area contributed by atoms with Crippen LogP contribution in [0.3, 0.4) is 0 Å². The summed E-state index contributed by atoms with van der Waals surface area (Å²) < 4.78 is 0. The van der Waals surface area contributed by atoms with Gasteiger partial charge in [-0.2, -0.15) is 5.10 Å². The number of hydrogen-bond donors (Lipinski definition) is 2. The average Bonchev–Trinajstić information content (AvgIpc) is 2.54. The summed E-state index contributed by atoms with van der Waals surface area (Å²) in [7, 11) is 0. The minimum Gasteiger partial charge on any atom is -1.00 e. The van der Waals surface area contributed by atoms with Crippen LogP contribution in [0.5, 0.6) is 0 Å². The third-order valence-corrected chi connectivity index (χ3v) is 3.29. The minimum absolute atomic E-state index is 0. The van der Waals surface area contributed by atoms with Gasteiger partial charge in [0.25, 0.3) is 5.82 Å². The zero-order chi connectivity index (χ0) is 11.7. The lowest BCUT2D eigenvalue weighted by atomic mass is 10.1. The van der Waals surface area contributed by atoms with E-state index in [4.69, 9.17) is 28.9 Å². The second-order valence-electron chi connectivity index (χ2n) is 3.64. The lowest BCUT2D eigenvalue weighted by molar-refractivity contribution is -0.434. The molecule has 4 N–H and O–H groups in total. The summed E-state index contributed by atoms with van der Waals surface area (Å²) in [5, 5.41) is 7.14. The summed E-state index contributed by atoms with van der Waals surface area (Å²) in [5.41, 5.74) is 8.70. The standard InChI is InChI=1S/C11H11Cl2N3.ClH/c1-6-7(11(14)16-15-6)5-8-9(12)3-2-4-10(8)13;/h2-4H,5H2,1H3,(H3,14,15,16);1H. The Kier molecular flexibility index (Phi) is 4.69. The van der Waals surface area contributed by atoms with Crippen LogP contribution in [0.15, 0.2) is 18.2 Å². The summed E-state index contributed by atoms with van der Waals surface area (Å²) >= 11 is 12.2. The van der Waals surface area contributed by atoms with Crippen molar-refractivity contribution in [2.24, 2.45) is 0 Å². The maximum atomic E-state index is 6.11. The second-order valence-corrected chi connectivity index (χ2v) is 4.46. The minimum atomic E-state index is 0. The Bertz CT molecular complexity index is 483. The van der Waals surface area contributed by atoms with Crippen molar-refractivity contribution in [2.45, 2.75) is 13.3 Å². The normalized spacial score (nSPS) is 10.1. The van der Waals surface area contributed by atoms with Gasteiger partial charge in [-0.15, -0.1) is 0 Å². The Morgan fingerprint density at radius 1 is 1.24 bits per heavy atom. The number of aryl methyl sites for hydroxylation is 1. The SMILES string of the molecule is Cc1[nH][nH+]c(N)c1Cc1c(Cl)cccc1Cl.[Cl-]. The molecule has 0 amide bonds. The fourth-order valence-electron chi connectivity index (χ4n) is 1.62. The molecule has 0 saturated heterocycles. The van der Waals surface area contributed by atoms with Gasteiger partial charge in [-0.1, -0.05) is 29.3 Å². The molecule has 0 aliphatic carbocycles. The number of hydrogen-bond acceptors (Lipinski definition) is 1. The number of benzene rings is 1. The van der Waals surface area contributed by atoms with Crippen LogP contribution in [0.25, 0.3) is 0 Å². The van der Waals surface area contributed by atoms with Crippen molar-refractivity contribution in [3.8, 4) is 0 Å². The van der Waals surface area contributed by atoms with Gasteiger partial charge in [0.15, 0.2) is 0 Å². The number of aromatic amines is 2. The maximum Gasteiger partial charge on any atom is 0.294 e.